The zero-order chi connectivity index (χ0) is 17.3. The minimum Gasteiger partial charge on any atom is -0.392 e. The van der Waals surface area contributed by atoms with Gasteiger partial charge in [-0.1, -0.05) is 12.1 Å². The van der Waals surface area contributed by atoms with Gasteiger partial charge in [0, 0.05) is 13.7 Å². The zero-order valence-corrected chi connectivity index (χ0v) is 13.3. The number of alkyl halides is 3. The van der Waals surface area contributed by atoms with Crippen molar-refractivity contribution in [2.45, 2.75) is 24.7 Å². The van der Waals surface area contributed by atoms with Crippen LogP contribution < -0.4 is 0 Å². The van der Waals surface area contributed by atoms with Crippen molar-refractivity contribution in [1.29, 1.82) is 0 Å². The largest absolute Gasteiger partial charge is 0.416 e. The van der Waals surface area contributed by atoms with Gasteiger partial charge in [0.1, 0.15) is 0 Å². The summed E-state index contributed by atoms with van der Waals surface area (Å²) in [6, 6.07) is 3.73. The third-order valence-electron chi connectivity index (χ3n) is 3.74. The van der Waals surface area contributed by atoms with E-state index in [4.69, 9.17) is 4.74 Å². The molecule has 0 aliphatic carbocycles. The molecule has 0 amide bonds. The number of hydrogen-bond acceptors (Lipinski definition) is 4. The highest BCUT2D eigenvalue weighted by molar-refractivity contribution is 7.89. The minimum absolute atomic E-state index is 0.0236. The third-order valence-corrected chi connectivity index (χ3v) is 5.54. The lowest BCUT2D eigenvalue weighted by Gasteiger charge is -2.24. The molecular weight excluding hydrogens is 335 g/mol. The molecule has 1 saturated heterocycles. The molecule has 0 radical (unpaired) electrons. The van der Waals surface area contributed by atoms with Crippen molar-refractivity contribution >= 4 is 10.0 Å². The van der Waals surface area contributed by atoms with Gasteiger partial charge in [-0.3, -0.25) is 0 Å². The molecule has 1 aromatic rings. The van der Waals surface area contributed by atoms with Crippen LogP contribution >= 0.6 is 0 Å². The molecule has 1 aliphatic heterocycles. The Morgan fingerprint density at radius 1 is 1.39 bits per heavy atom. The van der Waals surface area contributed by atoms with Crippen LogP contribution in [0, 0.1) is 0 Å². The highest BCUT2D eigenvalue weighted by Crippen LogP contribution is 2.37. The van der Waals surface area contributed by atoms with Crippen LogP contribution in [0.2, 0.25) is 0 Å². The summed E-state index contributed by atoms with van der Waals surface area (Å²) in [7, 11) is -2.37. The van der Waals surface area contributed by atoms with Gasteiger partial charge >= 0.3 is 6.18 Å². The van der Waals surface area contributed by atoms with Crippen LogP contribution in [0.25, 0.3) is 0 Å². The van der Waals surface area contributed by atoms with E-state index in [0.717, 1.165) is 16.4 Å². The fourth-order valence-electron chi connectivity index (χ4n) is 2.62. The first-order chi connectivity index (χ1) is 10.6. The van der Waals surface area contributed by atoms with Gasteiger partial charge in [-0.05, 0) is 24.1 Å². The first-order valence-electron chi connectivity index (χ1n) is 6.99. The summed E-state index contributed by atoms with van der Waals surface area (Å²) in [6.45, 7) is -0.156. The number of sulfonamides is 1. The number of nitrogens with zero attached hydrogens (tertiary/aromatic N) is 1. The number of aliphatic hydroxyl groups excluding tert-OH is 1. The van der Waals surface area contributed by atoms with Gasteiger partial charge in [0.05, 0.1) is 30.1 Å². The molecule has 2 rings (SSSR count). The van der Waals surface area contributed by atoms with Crippen molar-refractivity contribution in [2.75, 3.05) is 26.0 Å². The molecule has 1 aromatic carbocycles. The van der Waals surface area contributed by atoms with Crippen molar-refractivity contribution in [3.05, 3.63) is 35.4 Å². The van der Waals surface area contributed by atoms with Crippen LogP contribution in [0.15, 0.2) is 24.3 Å². The van der Waals surface area contributed by atoms with Gasteiger partial charge in [-0.15, -0.1) is 0 Å². The smallest absolute Gasteiger partial charge is 0.392 e. The van der Waals surface area contributed by atoms with Crippen molar-refractivity contribution in [2.24, 2.45) is 0 Å². The maximum absolute atomic E-state index is 12.8. The molecule has 2 atom stereocenters. The van der Waals surface area contributed by atoms with Crippen LogP contribution in [0.3, 0.4) is 0 Å². The van der Waals surface area contributed by atoms with Gasteiger partial charge in [0.25, 0.3) is 0 Å². The Kier molecular flexibility index (Phi) is 5.34. The van der Waals surface area contributed by atoms with Crippen molar-refractivity contribution < 1.29 is 31.4 Å². The summed E-state index contributed by atoms with van der Waals surface area (Å²) in [6.07, 6.45) is -5.35. The first-order valence-corrected chi connectivity index (χ1v) is 8.60. The fourth-order valence-corrected chi connectivity index (χ4v) is 4.23. The standard InChI is InChI=1S/C14H18F3NO4S/c1-22-5-6-23(20,21)18-9-12(19)8-13(18)10-3-2-4-11(7-10)14(15,16)17/h2-4,7,12-13,19H,5-6,8-9H2,1H3/t12-,13-/m0/s1. The molecule has 5 nitrogen and oxygen atoms in total. The quantitative estimate of drug-likeness (QED) is 0.876. The number of methoxy groups -OCH3 is 1. The fraction of sp³-hybridized carbons (Fsp3) is 0.571. The van der Waals surface area contributed by atoms with E-state index in [-0.39, 0.29) is 30.9 Å². The molecule has 1 N–H and O–H groups in total. The molecule has 0 saturated carbocycles. The molecule has 1 heterocycles. The highest BCUT2D eigenvalue weighted by Gasteiger charge is 2.40. The zero-order valence-electron chi connectivity index (χ0n) is 12.5. The molecule has 0 unspecified atom stereocenters. The predicted molar refractivity (Wildman–Crippen MR) is 77.2 cm³/mol. The normalized spacial score (nSPS) is 23.3. The molecule has 1 aliphatic rings. The lowest BCUT2D eigenvalue weighted by molar-refractivity contribution is -0.137. The number of hydrogen-bond donors (Lipinski definition) is 1. The maximum atomic E-state index is 12.8. The summed E-state index contributed by atoms with van der Waals surface area (Å²) < 4.78 is 68.9. The number of ether oxygens (including phenoxy) is 1. The van der Waals surface area contributed by atoms with E-state index in [9.17, 15) is 26.7 Å². The molecule has 130 valence electrons. The number of benzene rings is 1. The van der Waals surface area contributed by atoms with E-state index in [2.05, 4.69) is 0 Å². The first kappa shape index (κ1) is 18.2. The lowest BCUT2D eigenvalue weighted by atomic mass is 10.0. The van der Waals surface area contributed by atoms with E-state index in [1.807, 2.05) is 0 Å². The van der Waals surface area contributed by atoms with Gasteiger partial charge in [-0.25, -0.2) is 8.42 Å². The Morgan fingerprint density at radius 2 is 2.09 bits per heavy atom. The average molecular weight is 353 g/mol. The monoisotopic (exact) mass is 353 g/mol. The number of rotatable bonds is 5. The number of halogens is 3. The van der Waals surface area contributed by atoms with Crippen LogP contribution in [0.4, 0.5) is 13.2 Å². The highest BCUT2D eigenvalue weighted by atomic mass is 32.2. The lowest BCUT2D eigenvalue weighted by Crippen LogP contribution is -2.35. The summed E-state index contributed by atoms with van der Waals surface area (Å²) >= 11 is 0. The van der Waals surface area contributed by atoms with Crippen LogP contribution in [-0.2, 0) is 20.9 Å². The maximum Gasteiger partial charge on any atom is 0.416 e. The number of β-amino-alcohol motifs (C(OH)–C–C–N with tert-alkyl or cyclic N) is 1. The summed E-state index contributed by atoms with van der Waals surface area (Å²) in [5.41, 5.74) is -0.622. The van der Waals surface area contributed by atoms with E-state index >= 15 is 0 Å². The Hall–Kier alpha value is -1.16. The van der Waals surface area contributed by atoms with Gasteiger partial charge in [0.15, 0.2) is 0 Å². The Bertz CT molecular complexity index is 648. The summed E-state index contributed by atoms with van der Waals surface area (Å²) in [4.78, 5) is 0. The summed E-state index contributed by atoms with van der Waals surface area (Å²) in [5, 5.41) is 9.79. The van der Waals surface area contributed by atoms with E-state index in [1.54, 1.807) is 0 Å². The van der Waals surface area contributed by atoms with Crippen LogP contribution in [0.1, 0.15) is 23.6 Å². The second kappa shape index (κ2) is 6.76. The van der Waals surface area contributed by atoms with Crippen LogP contribution in [-0.4, -0.2) is 49.9 Å². The molecule has 23 heavy (non-hydrogen) atoms. The Balaban J connectivity index is 2.33. The molecule has 0 bridgehead atoms. The van der Waals surface area contributed by atoms with Crippen molar-refractivity contribution in [3.63, 3.8) is 0 Å². The van der Waals surface area contributed by atoms with Crippen molar-refractivity contribution in [1.82, 2.24) is 4.31 Å². The second-order valence-electron chi connectivity index (χ2n) is 5.41. The minimum atomic E-state index is -4.51. The molecule has 0 spiro atoms. The Labute approximate surface area is 132 Å². The predicted octanol–water partition coefficient (Wildman–Crippen LogP) is 1.79. The topological polar surface area (TPSA) is 66.8 Å². The molecule has 1 fully saturated rings. The van der Waals surface area contributed by atoms with Gasteiger partial charge in [0.2, 0.25) is 10.0 Å². The molecule has 0 aromatic heterocycles. The number of aliphatic hydroxyl groups is 1. The van der Waals surface area contributed by atoms with Crippen LogP contribution in [0.5, 0.6) is 0 Å². The Morgan fingerprint density at radius 3 is 2.70 bits per heavy atom. The van der Waals surface area contributed by atoms with Gasteiger partial charge < -0.3 is 9.84 Å². The third kappa shape index (κ3) is 4.23. The summed E-state index contributed by atoms with van der Waals surface area (Å²) in [5.74, 6) is -0.286. The molecule has 9 heteroatoms. The van der Waals surface area contributed by atoms with E-state index in [0.29, 0.717) is 0 Å². The van der Waals surface area contributed by atoms with Crippen molar-refractivity contribution in [3.8, 4) is 0 Å². The second-order valence-corrected chi connectivity index (χ2v) is 7.45. The van der Waals surface area contributed by atoms with Gasteiger partial charge in [-0.2, -0.15) is 17.5 Å². The SMILES string of the molecule is COCCS(=O)(=O)N1C[C@@H](O)C[C@H]1c1cccc(C(F)(F)F)c1. The molecular formula is C14H18F3NO4S. The van der Waals surface area contributed by atoms with E-state index in [1.165, 1.54) is 19.2 Å². The van der Waals surface area contributed by atoms with E-state index < -0.39 is 33.9 Å². The average Bonchev–Trinajstić information content (AvgIpc) is 2.87.